The molecule has 0 aliphatic carbocycles. The zero-order valence-electron chi connectivity index (χ0n) is 11.6. The van der Waals surface area contributed by atoms with E-state index in [1.54, 1.807) is 18.2 Å². The molecule has 0 saturated carbocycles. The largest absolute Gasteiger partial charge is 0.454 e. The Balaban J connectivity index is 2.25. The second-order valence-corrected chi connectivity index (χ2v) is 5.02. The lowest BCUT2D eigenvalue weighted by molar-refractivity contribution is 0.412. The molecular formula is C16H16ClF2NO. The van der Waals surface area contributed by atoms with Gasteiger partial charge in [0.1, 0.15) is 5.75 Å². The number of ether oxygens (including phenoxy) is 1. The number of benzene rings is 2. The van der Waals surface area contributed by atoms with Gasteiger partial charge in [-0.3, -0.25) is 0 Å². The number of nitrogens with one attached hydrogen (secondary N) is 1. The maximum absolute atomic E-state index is 13.7. The molecule has 0 atom stereocenters. The van der Waals surface area contributed by atoms with Crippen LogP contribution in [0.3, 0.4) is 0 Å². The Morgan fingerprint density at radius 1 is 1.14 bits per heavy atom. The predicted molar refractivity (Wildman–Crippen MR) is 79.9 cm³/mol. The van der Waals surface area contributed by atoms with Crippen LogP contribution in [0.4, 0.5) is 8.78 Å². The lowest BCUT2D eigenvalue weighted by Gasteiger charge is -2.13. The van der Waals surface area contributed by atoms with Crippen LogP contribution in [0.25, 0.3) is 0 Å². The van der Waals surface area contributed by atoms with Gasteiger partial charge in [-0.2, -0.15) is 4.39 Å². The predicted octanol–water partition coefficient (Wildman–Crippen LogP) is 4.91. The molecule has 0 aromatic heterocycles. The first-order valence-corrected chi connectivity index (χ1v) is 7.10. The molecule has 2 aromatic carbocycles. The van der Waals surface area contributed by atoms with Crippen LogP contribution in [-0.2, 0) is 6.54 Å². The first kappa shape index (κ1) is 15.7. The van der Waals surface area contributed by atoms with Gasteiger partial charge < -0.3 is 10.1 Å². The fraction of sp³-hybridized carbons (Fsp3) is 0.250. The molecule has 21 heavy (non-hydrogen) atoms. The molecule has 2 aromatic rings. The van der Waals surface area contributed by atoms with E-state index >= 15 is 0 Å². The molecule has 1 N–H and O–H groups in total. The van der Waals surface area contributed by atoms with Gasteiger partial charge in [0.25, 0.3) is 0 Å². The van der Waals surface area contributed by atoms with Crippen LogP contribution in [0.5, 0.6) is 11.5 Å². The summed E-state index contributed by atoms with van der Waals surface area (Å²) < 4.78 is 32.4. The fourth-order valence-corrected chi connectivity index (χ4v) is 2.01. The van der Waals surface area contributed by atoms with Gasteiger partial charge in [-0.1, -0.05) is 30.7 Å². The normalized spacial score (nSPS) is 10.7. The van der Waals surface area contributed by atoms with Gasteiger partial charge in [0, 0.05) is 17.1 Å². The van der Waals surface area contributed by atoms with E-state index in [4.69, 9.17) is 16.3 Å². The molecule has 0 fully saturated rings. The van der Waals surface area contributed by atoms with Crippen LogP contribution in [0.1, 0.15) is 18.9 Å². The van der Waals surface area contributed by atoms with E-state index in [1.165, 1.54) is 12.1 Å². The molecule has 0 heterocycles. The molecule has 0 radical (unpaired) electrons. The highest BCUT2D eigenvalue weighted by Crippen LogP contribution is 2.30. The summed E-state index contributed by atoms with van der Waals surface area (Å²) in [6.45, 7) is 3.49. The quantitative estimate of drug-likeness (QED) is 0.765. The second kappa shape index (κ2) is 7.38. The molecule has 2 rings (SSSR count). The molecular weight excluding hydrogens is 296 g/mol. The molecule has 0 aliphatic rings. The molecule has 0 unspecified atom stereocenters. The lowest BCUT2D eigenvalue weighted by Crippen LogP contribution is -2.14. The Morgan fingerprint density at radius 3 is 2.71 bits per heavy atom. The first-order chi connectivity index (χ1) is 10.1. The van der Waals surface area contributed by atoms with Crippen LogP contribution < -0.4 is 10.1 Å². The Bertz CT molecular complexity index is 619. The number of hydrogen-bond donors (Lipinski definition) is 1. The van der Waals surface area contributed by atoms with Crippen LogP contribution in [0, 0.1) is 11.6 Å². The van der Waals surface area contributed by atoms with E-state index in [9.17, 15) is 8.78 Å². The summed E-state index contributed by atoms with van der Waals surface area (Å²) in [6, 6.07) is 8.95. The molecule has 0 amide bonds. The highest BCUT2D eigenvalue weighted by molar-refractivity contribution is 6.30. The van der Waals surface area contributed by atoms with Crippen molar-refractivity contribution in [3.63, 3.8) is 0 Å². The van der Waals surface area contributed by atoms with Gasteiger partial charge in [-0.25, -0.2) is 4.39 Å². The highest BCUT2D eigenvalue weighted by atomic mass is 35.5. The standard InChI is InChI=1S/C16H16ClF2NO/c1-2-8-20-10-11-6-7-12(17)9-15(11)21-14-5-3-4-13(18)16(14)19/h3-7,9,20H,2,8,10H2,1H3. The van der Waals surface area contributed by atoms with Gasteiger partial charge in [0.2, 0.25) is 5.82 Å². The summed E-state index contributed by atoms with van der Waals surface area (Å²) in [5.41, 5.74) is 0.830. The summed E-state index contributed by atoms with van der Waals surface area (Å²) in [5, 5.41) is 3.71. The van der Waals surface area contributed by atoms with Crippen molar-refractivity contribution in [1.29, 1.82) is 0 Å². The van der Waals surface area contributed by atoms with Crippen molar-refractivity contribution in [3.8, 4) is 11.5 Å². The van der Waals surface area contributed by atoms with Gasteiger partial charge in [0.15, 0.2) is 11.6 Å². The smallest absolute Gasteiger partial charge is 0.201 e. The van der Waals surface area contributed by atoms with Crippen molar-refractivity contribution in [2.75, 3.05) is 6.54 Å². The average Bonchev–Trinajstić information content (AvgIpc) is 2.46. The molecule has 0 bridgehead atoms. The molecule has 2 nitrogen and oxygen atoms in total. The third kappa shape index (κ3) is 4.16. The number of rotatable bonds is 6. The summed E-state index contributed by atoms with van der Waals surface area (Å²) >= 11 is 5.95. The van der Waals surface area contributed by atoms with E-state index in [-0.39, 0.29) is 5.75 Å². The van der Waals surface area contributed by atoms with E-state index in [0.29, 0.717) is 17.3 Å². The topological polar surface area (TPSA) is 21.3 Å². The summed E-state index contributed by atoms with van der Waals surface area (Å²) in [4.78, 5) is 0. The van der Waals surface area contributed by atoms with Gasteiger partial charge >= 0.3 is 0 Å². The Labute approximate surface area is 127 Å². The van der Waals surface area contributed by atoms with Crippen molar-refractivity contribution < 1.29 is 13.5 Å². The number of hydrogen-bond acceptors (Lipinski definition) is 2. The molecule has 0 saturated heterocycles. The van der Waals surface area contributed by atoms with Gasteiger partial charge in [-0.15, -0.1) is 0 Å². The highest BCUT2D eigenvalue weighted by Gasteiger charge is 2.12. The Hall–Kier alpha value is -1.65. The van der Waals surface area contributed by atoms with Crippen LogP contribution in [0.15, 0.2) is 36.4 Å². The van der Waals surface area contributed by atoms with Crippen molar-refractivity contribution in [3.05, 3.63) is 58.6 Å². The summed E-state index contributed by atoms with van der Waals surface area (Å²) in [6.07, 6.45) is 1.00. The maximum atomic E-state index is 13.7. The molecule has 5 heteroatoms. The summed E-state index contributed by atoms with van der Waals surface area (Å²) in [7, 11) is 0. The fourth-order valence-electron chi connectivity index (χ4n) is 1.85. The SMILES string of the molecule is CCCNCc1ccc(Cl)cc1Oc1cccc(F)c1F. The minimum absolute atomic E-state index is 0.158. The van der Waals surface area contributed by atoms with Crippen LogP contribution in [-0.4, -0.2) is 6.54 Å². The van der Waals surface area contributed by atoms with E-state index in [2.05, 4.69) is 12.2 Å². The lowest BCUT2D eigenvalue weighted by atomic mass is 10.2. The number of halogens is 3. The third-order valence-corrected chi connectivity index (χ3v) is 3.14. The summed E-state index contributed by atoms with van der Waals surface area (Å²) in [5.74, 6) is -1.70. The maximum Gasteiger partial charge on any atom is 0.201 e. The minimum Gasteiger partial charge on any atom is -0.454 e. The molecule has 112 valence electrons. The second-order valence-electron chi connectivity index (χ2n) is 4.58. The monoisotopic (exact) mass is 311 g/mol. The van der Waals surface area contributed by atoms with Crippen molar-refractivity contribution >= 4 is 11.6 Å². The van der Waals surface area contributed by atoms with Gasteiger partial charge in [0.05, 0.1) is 0 Å². The first-order valence-electron chi connectivity index (χ1n) is 6.73. The Morgan fingerprint density at radius 2 is 1.95 bits per heavy atom. The zero-order chi connectivity index (χ0) is 15.2. The molecule has 0 aliphatic heterocycles. The van der Waals surface area contributed by atoms with Gasteiger partial charge in [-0.05, 0) is 37.2 Å². The molecule has 0 spiro atoms. The van der Waals surface area contributed by atoms with E-state index < -0.39 is 11.6 Å². The van der Waals surface area contributed by atoms with Crippen molar-refractivity contribution in [2.45, 2.75) is 19.9 Å². The van der Waals surface area contributed by atoms with Crippen LogP contribution in [0.2, 0.25) is 5.02 Å². The minimum atomic E-state index is -1.01. The van der Waals surface area contributed by atoms with Crippen molar-refractivity contribution in [1.82, 2.24) is 5.32 Å². The van der Waals surface area contributed by atoms with Crippen LogP contribution >= 0.6 is 11.6 Å². The average molecular weight is 312 g/mol. The third-order valence-electron chi connectivity index (χ3n) is 2.91. The van der Waals surface area contributed by atoms with E-state index in [1.807, 2.05) is 0 Å². The van der Waals surface area contributed by atoms with E-state index in [0.717, 1.165) is 24.6 Å². The Kier molecular flexibility index (Phi) is 5.53. The zero-order valence-corrected chi connectivity index (χ0v) is 12.4. The van der Waals surface area contributed by atoms with Crippen molar-refractivity contribution in [2.24, 2.45) is 0 Å².